The number of halogens is 1. The number of alkyl halides is 1. The highest BCUT2D eigenvalue weighted by molar-refractivity contribution is 7.90. The van der Waals surface area contributed by atoms with Crippen LogP contribution in [0, 0.1) is 0 Å². The summed E-state index contributed by atoms with van der Waals surface area (Å²) in [6.45, 7) is 0. The van der Waals surface area contributed by atoms with E-state index < -0.39 is 9.84 Å². The normalized spacial score (nSPS) is 11.6. The van der Waals surface area contributed by atoms with Crippen LogP contribution in [0.2, 0.25) is 0 Å². The van der Waals surface area contributed by atoms with Crippen molar-refractivity contribution in [2.75, 3.05) is 11.6 Å². The van der Waals surface area contributed by atoms with Crippen LogP contribution < -0.4 is 0 Å². The second kappa shape index (κ2) is 7.72. The summed E-state index contributed by atoms with van der Waals surface area (Å²) in [5.74, 6) is 1.10. The standard InChI is InChI=1S/C13H19ClO2S/c14-10-6-1-2-7-11-17(15,16)12-13-8-4-3-5-9-13/h3-5,8-9H,1-2,6-7,10-12H2. The van der Waals surface area contributed by atoms with Crippen molar-refractivity contribution < 1.29 is 8.42 Å². The van der Waals surface area contributed by atoms with Crippen LogP contribution in [0.3, 0.4) is 0 Å². The van der Waals surface area contributed by atoms with Crippen molar-refractivity contribution in [2.45, 2.75) is 31.4 Å². The minimum absolute atomic E-state index is 0.156. The number of sulfone groups is 1. The molecule has 0 aliphatic rings. The highest BCUT2D eigenvalue weighted by Gasteiger charge is 2.10. The van der Waals surface area contributed by atoms with E-state index >= 15 is 0 Å². The van der Waals surface area contributed by atoms with Gasteiger partial charge in [0.15, 0.2) is 9.84 Å². The van der Waals surface area contributed by atoms with Crippen molar-refractivity contribution in [1.29, 1.82) is 0 Å². The van der Waals surface area contributed by atoms with Gasteiger partial charge in [-0.25, -0.2) is 8.42 Å². The van der Waals surface area contributed by atoms with Crippen LogP contribution in [0.25, 0.3) is 0 Å². The first kappa shape index (κ1) is 14.5. The lowest BCUT2D eigenvalue weighted by molar-refractivity contribution is 0.588. The van der Waals surface area contributed by atoms with Crippen molar-refractivity contribution >= 4 is 21.4 Å². The Morgan fingerprint density at radius 2 is 1.59 bits per heavy atom. The molecule has 2 nitrogen and oxygen atoms in total. The summed E-state index contributed by atoms with van der Waals surface area (Å²) >= 11 is 5.56. The molecule has 0 aliphatic carbocycles. The van der Waals surface area contributed by atoms with Gasteiger partial charge in [0.25, 0.3) is 0 Å². The lowest BCUT2D eigenvalue weighted by Crippen LogP contribution is -2.09. The molecule has 0 N–H and O–H groups in total. The quantitative estimate of drug-likeness (QED) is 0.538. The molecule has 0 saturated heterocycles. The van der Waals surface area contributed by atoms with Gasteiger partial charge in [0.05, 0.1) is 11.5 Å². The van der Waals surface area contributed by atoms with Gasteiger partial charge in [0.2, 0.25) is 0 Å². The topological polar surface area (TPSA) is 34.1 Å². The van der Waals surface area contributed by atoms with Crippen LogP contribution >= 0.6 is 11.6 Å². The Hall–Kier alpha value is -0.540. The van der Waals surface area contributed by atoms with Gasteiger partial charge >= 0.3 is 0 Å². The molecule has 0 unspecified atom stereocenters. The summed E-state index contributed by atoms with van der Waals surface area (Å²) in [5, 5.41) is 0. The fraction of sp³-hybridized carbons (Fsp3) is 0.538. The smallest absolute Gasteiger partial charge is 0.154 e. The second-order valence-electron chi connectivity index (χ2n) is 4.18. The number of benzene rings is 1. The zero-order valence-electron chi connectivity index (χ0n) is 9.94. The fourth-order valence-electron chi connectivity index (χ4n) is 1.67. The highest BCUT2D eigenvalue weighted by atomic mass is 35.5. The molecule has 0 fully saturated rings. The van der Waals surface area contributed by atoms with Gasteiger partial charge in [-0.15, -0.1) is 11.6 Å². The summed E-state index contributed by atoms with van der Waals surface area (Å²) in [6.07, 6.45) is 3.68. The third-order valence-electron chi connectivity index (χ3n) is 2.57. The summed E-state index contributed by atoms with van der Waals surface area (Å²) < 4.78 is 23.6. The maximum atomic E-state index is 11.8. The molecular weight excluding hydrogens is 256 g/mol. The molecule has 0 radical (unpaired) electrons. The van der Waals surface area contributed by atoms with E-state index in [2.05, 4.69) is 0 Å². The molecule has 0 amide bonds. The Morgan fingerprint density at radius 1 is 0.941 bits per heavy atom. The molecule has 0 saturated carbocycles. The highest BCUT2D eigenvalue weighted by Crippen LogP contribution is 2.09. The zero-order chi connectivity index (χ0) is 12.6. The SMILES string of the molecule is O=S(=O)(CCCCCCCl)Cc1ccccc1. The lowest BCUT2D eigenvalue weighted by Gasteiger charge is -2.04. The first-order valence-electron chi connectivity index (χ1n) is 5.94. The monoisotopic (exact) mass is 274 g/mol. The minimum Gasteiger partial charge on any atom is -0.228 e. The van der Waals surface area contributed by atoms with Gasteiger partial charge in [-0.3, -0.25) is 0 Å². The Balaban J connectivity index is 2.32. The molecule has 4 heteroatoms. The molecule has 1 aromatic rings. The third kappa shape index (κ3) is 6.69. The molecular formula is C13H19ClO2S. The van der Waals surface area contributed by atoms with Crippen LogP contribution in [0.4, 0.5) is 0 Å². The first-order chi connectivity index (χ1) is 8.14. The minimum atomic E-state index is -2.95. The average Bonchev–Trinajstić information content (AvgIpc) is 2.29. The number of rotatable bonds is 8. The van der Waals surface area contributed by atoms with Gasteiger partial charge in [0, 0.05) is 5.88 Å². The second-order valence-corrected chi connectivity index (χ2v) is 6.74. The van der Waals surface area contributed by atoms with E-state index in [1.165, 1.54) is 0 Å². The van der Waals surface area contributed by atoms with Crippen LogP contribution in [0.5, 0.6) is 0 Å². The van der Waals surface area contributed by atoms with E-state index in [0.717, 1.165) is 31.2 Å². The number of unbranched alkanes of at least 4 members (excludes halogenated alkanes) is 3. The fourth-order valence-corrected chi connectivity index (χ4v) is 3.35. The molecule has 0 aliphatic heterocycles. The van der Waals surface area contributed by atoms with E-state index in [1.807, 2.05) is 30.3 Å². The Morgan fingerprint density at radius 3 is 2.24 bits per heavy atom. The van der Waals surface area contributed by atoms with Crippen LogP contribution in [-0.4, -0.2) is 20.1 Å². The summed E-state index contributed by atoms with van der Waals surface area (Å²) in [6, 6.07) is 9.33. The molecule has 0 spiro atoms. The zero-order valence-corrected chi connectivity index (χ0v) is 11.5. The van der Waals surface area contributed by atoms with E-state index in [0.29, 0.717) is 5.88 Å². The van der Waals surface area contributed by atoms with Crippen molar-refractivity contribution in [1.82, 2.24) is 0 Å². The molecule has 0 aromatic heterocycles. The van der Waals surface area contributed by atoms with E-state index in [1.54, 1.807) is 0 Å². The van der Waals surface area contributed by atoms with Crippen molar-refractivity contribution in [3.05, 3.63) is 35.9 Å². The van der Waals surface area contributed by atoms with Gasteiger partial charge in [-0.2, -0.15) is 0 Å². The largest absolute Gasteiger partial charge is 0.228 e. The van der Waals surface area contributed by atoms with Crippen molar-refractivity contribution in [3.63, 3.8) is 0 Å². The Kier molecular flexibility index (Phi) is 6.60. The van der Waals surface area contributed by atoms with E-state index in [9.17, 15) is 8.42 Å². The molecule has 1 aromatic carbocycles. The van der Waals surface area contributed by atoms with E-state index in [4.69, 9.17) is 11.6 Å². The van der Waals surface area contributed by atoms with Crippen molar-refractivity contribution in [2.24, 2.45) is 0 Å². The number of hydrogen-bond donors (Lipinski definition) is 0. The van der Waals surface area contributed by atoms with Crippen molar-refractivity contribution in [3.8, 4) is 0 Å². The van der Waals surface area contributed by atoms with Crippen LogP contribution in [-0.2, 0) is 15.6 Å². The van der Waals surface area contributed by atoms with E-state index in [-0.39, 0.29) is 11.5 Å². The number of hydrogen-bond acceptors (Lipinski definition) is 2. The Bertz CT molecular complexity index is 401. The third-order valence-corrected chi connectivity index (χ3v) is 4.52. The van der Waals surface area contributed by atoms with Gasteiger partial charge in [-0.05, 0) is 18.4 Å². The van der Waals surface area contributed by atoms with Crippen LogP contribution in [0.15, 0.2) is 30.3 Å². The summed E-state index contributed by atoms with van der Waals surface area (Å²) in [7, 11) is -2.95. The molecule has 0 bridgehead atoms. The molecule has 17 heavy (non-hydrogen) atoms. The maximum Gasteiger partial charge on any atom is 0.154 e. The van der Waals surface area contributed by atoms with Gasteiger partial charge in [0.1, 0.15) is 0 Å². The molecule has 0 atom stereocenters. The van der Waals surface area contributed by atoms with Gasteiger partial charge in [-0.1, -0.05) is 43.2 Å². The molecule has 96 valence electrons. The maximum absolute atomic E-state index is 11.8. The lowest BCUT2D eigenvalue weighted by atomic mass is 10.2. The average molecular weight is 275 g/mol. The van der Waals surface area contributed by atoms with Crippen LogP contribution in [0.1, 0.15) is 31.2 Å². The first-order valence-corrected chi connectivity index (χ1v) is 8.30. The summed E-state index contributed by atoms with van der Waals surface area (Å²) in [4.78, 5) is 0. The predicted molar refractivity (Wildman–Crippen MR) is 73.1 cm³/mol. The molecule has 1 rings (SSSR count). The van der Waals surface area contributed by atoms with Gasteiger partial charge < -0.3 is 0 Å². The molecule has 0 heterocycles. The predicted octanol–water partition coefficient (Wildman–Crippen LogP) is 3.40. The summed E-state index contributed by atoms with van der Waals surface area (Å²) in [5.41, 5.74) is 0.869. The Labute approximate surface area is 109 Å².